The summed E-state index contributed by atoms with van der Waals surface area (Å²) >= 11 is 0. The number of carbonyl (C=O) groups is 1. The van der Waals surface area contributed by atoms with Crippen molar-refractivity contribution in [3.8, 4) is 0 Å². The van der Waals surface area contributed by atoms with Crippen molar-refractivity contribution in [2.45, 2.75) is 51.6 Å². The van der Waals surface area contributed by atoms with Gasteiger partial charge in [0.15, 0.2) is 5.60 Å². The van der Waals surface area contributed by atoms with Gasteiger partial charge in [0.25, 0.3) is 5.91 Å². The minimum Gasteiger partial charge on any atom is -0.367 e. The molecule has 0 saturated carbocycles. The van der Waals surface area contributed by atoms with E-state index >= 15 is 0 Å². The highest BCUT2D eigenvalue weighted by Gasteiger charge is 2.34. The Bertz CT molecular complexity index is 159. The fourth-order valence-electron chi connectivity index (χ4n) is 1.32. The van der Waals surface area contributed by atoms with Gasteiger partial charge in [-0.3, -0.25) is 4.79 Å². The van der Waals surface area contributed by atoms with Crippen LogP contribution in [0.15, 0.2) is 0 Å². The van der Waals surface area contributed by atoms with Crippen LogP contribution in [0.1, 0.15) is 46.0 Å². The molecule has 0 rings (SSSR count). The Hall–Kier alpha value is -0.570. The number of unbranched alkanes of at least 4 members (excludes halogenated alkanes) is 2. The maximum Gasteiger partial charge on any atom is 0.253 e. The van der Waals surface area contributed by atoms with Crippen LogP contribution in [0.4, 0.5) is 0 Å². The maximum absolute atomic E-state index is 11.8. The van der Waals surface area contributed by atoms with E-state index in [4.69, 9.17) is 5.73 Å². The van der Waals surface area contributed by atoms with Crippen LogP contribution < -0.4 is 5.73 Å². The fraction of sp³-hybridized carbons (Fsp3) is 0.800. The second kappa shape index (κ2) is 5.97. The third-order valence-electron chi connectivity index (χ3n) is 2.17. The molecule has 13 heavy (non-hydrogen) atoms. The third kappa shape index (κ3) is 4.27. The SMILES string of the molecule is C[CH]CC([O])(CCCCC)C(N)=O. The number of amides is 1. The summed E-state index contributed by atoms with van der Waals surface area (Å²) < 4.78 is 0. The Morgan fingerprint density at radius 2 is 2.08 bits per heavy atom. The summed E-state index contributed by atoms with van der Waals surface area (Å²) in [5.74, 6) is -0.721. The topological polar surface area (TPSA) is 63.0 Å². The van der Waals surface area contributed by atoms with Crippen LogP contribution in [0, 0.1) is 6.42 Å². The lowest BCUT2D eigenvalue weighted by atomic mass is 9.91. The van der Waals surface area contributed by atoms with Crippen molar-refractivity contribution in [2.24, 2.45) is 5.73 Å². The number of primary amides is 1. The van der Waals surface area contributed by atoms with Gasteiger partial charge in [0.2, 0.25) is 0 Å². The Morgan fingerprint density at radius 3 is 2.46 bits per heavy atom. The molecule has 2 radical (unpaired) electrons. The Balaban J connectivity index is 4.00. The van der Waals surface area contributed by atoms with E-state index in [1.54, 1.807) is 13.3 Å². The number of hydrogen-bond donors (Lipinski definition) is 1. The van der Waals surface area contributed by atoms with Gasteiger partial charge in [-0.1, -0.05) is 26.7 Å². The molecular formula is C10H19NO2. The lowest BCUT2D eigenvalue weighted by Crippen LogP contribution is -2.42. The first-order valence-electron chi connectivity index (χ1n) is 4.85. The summed E-state index contributed by atoms with van der Waals surface area (Å²) in [7, 11) is 0. The molecule has 3 nitrogen and oxygen atoms in total. The highest BCUT2D eigenvalue weighted by atomic mass is 16.3. The van der Waals surface area contributed by atoms with Gasteiger partial charge in [-0.05, 0) is 25.7 Å². The summed E-state index contributed by atoms with van der Waals surface area (Å²) in [4.78, 5) is 10.9. The van der Waals surface area contributed by atoms with Crippen molar-refractivity contribution >= 4 is 5.91 Å². The molecule has 0 spiro atoms. The molecule has 0 bridgehead atoms. The van der Waals surface area contributed by atoms with Crippen LogP contribution >= 0.6 is 0 Å². The molecule has 0 fully saturated rings. The maximum atomic E-state index is 11.8. The largest absolute Gasteiger partial charge is 0.367 e. The van der Waals surface area contributed by atoms with Gasteiger partial charge < -0.3 is 5.73 Å². The Labute approximate surface area is 80.3 Å². The molecule has 0 aromatic carbocycles. The molecule has 2 N–H and O–H groups in total. The van der Waals surface area contributed by atoms with Crippen molar-refractivity contribution < 1.29 is 9.90 Å². The standard InChI is InChI=1S/C10H19NO2/c1-3-5-6-8-10(13,7-4-2)9(11)12/h4H,3,5-8H2,1-2H3,(H2,11,12). The van der Waals surface area contributed by atoms with Crippen molar-refractivity contribution in [3.63, 3.8) is 0 Å². The zero-order chi connectivity index (χ0) is 10.3. The van der Waals surface area contributed by atoms with Gasteiger partial charge in [-0.25, -0.2) is 5.11 Å². The normalized spacial score (nSPS) is 15.3. The number of nitrogens with two attached hydrogens (primary N) is 1. The van der Waals surface area contributed by atoms with Crippen LogP contribution in [0.3, 0.4) is 0 Å². The zero-order valence-electron chi connectivity index (χ0n) is 8.51. The van der Waals surface area contributed by atoms with E-state index in [1.165, 1.54) is 0 Å². The number of rotatable bonds is 7. The van der Waals surface area contributed by atoms with Gasteiger partial charge in [-0.2, -0.15) is 0 Å². The van der Waals surface area contributed by atoms with E-state index in [2.05, 4.69) is 6.92 Å². The molecule has 3 heteroatoms. The van der Waals surface area contributed by atoms with E-state index in [1.807, 2.05) is 0 Å². The highest BCUT2D eigenvalue weighted by Crippen LogP contribution is 2.20. The van der Waals surface area contributed by atoms with Crippen LogP contribution in [-0.2, 0) is 9.90 Å². The van der Waals surface area contributed by atoms with Crippen molar-refractivity contribution in [2.75, 3.05) is 0 Å². The van der Waals surface area contributed by atoms with Gasteiger partial charge in [0, 0.05) is 0 Å². The van der Waals surface area contributed by atoms with Gasteiger partial charge in [0.1, 0.15) is 0 Å². The van der Waals surface area contributed by atoms with E-state index in [-0.39, 0.29) is 6.42 Å². The summed E-state index contributed by atoms with van der Waals surface area (Å²) in [6, 6.07) is 0. The summed E-state index contributed by atoms with van der Waals surface area (Å²) in [5.41, 5.74) is 3.50. The number of hydrogen-bond acceptors (Lipinski definition) is 1. The van der Waals surface area contributed by atoms with Crippen LogP contribution in [0.2, 0.25) is 0 Å². The zero-order valence-corrected chi connectivity index (χ0v) is 8.51. The number of carbonyl (C=O) groups excluding carboxylic acids is 1. The van der Waals surface area contributed by atoms with Crippen LogP contribution in [0.5, 0.6) is 0 Å². The summed E-state index contributed by atoms with van der Waals surface area (Å²) in [5, 5.41) is 11.8. The van der Waals surface area contributed by atoms with Crippen molar-refractivity contribution in [1.29, 1.82) is 0 Å². The van der Waals surface area contributed by atoms with E-state index in [0.29, 0.717) is 6.42 Å². The fourth-order valence-corrected chi connectivity index (χ4v) is 1.32. The minimum absolute atomic E-state index is 0.242. The van der Waals surface area contributed by atoms with Gasteiger partial charge in [0.05, 0.1) is 0 Å². The predicted octanol–water partition coefficient (Wildman–Crippen LogP) is 1.84. The molecule has 0 saturated heterocycles. The molecule has 0 heterocycles. The average Bonchev–Trinajstić information content (AvgIpc) is 2.05. The monoisotopic (exact) mass is 185 g/mol. The third-order valence-corrected chi connectivity index (χ3v) is 2.17. The molecule has 0 aromatic heterocycles. The lowest BCUT2D eigenvalue weighted by Gasteiger charge is -2.20. The molecule has 0 aliphatic carbocycles. The molecule has 76 valence electrons. The summed E-state index contributed by atoms with van der Waals surface area (Å²) in [6.45, 7) is 3.83. The molecule has 1 atom stereocenters. The van der Waals surface area contributed by atoms with Gasteiger partial charge >= 0.3 is 0 Å². The van der Waals surface area contributed by atoms with Crippen molar-refractivity contribution in [3.05, 3.63) is 6.42 Å². The Morgan fingerprint density at radius 1 is 1.46 bits per heavy atom. The molecule has 0 aliphatic heterocycles. The molecule has 1 amide bonds. The smallest absolute Gasteiger partial charge is 0.253 e. The molecule has 0 aliphatic rings. The Kier molecular flexibility index (Phi) is 5.71. The van der Waals surface area contributed by atoms with Crippen LogP contribution in [-0.4, -0.2) is 11.5 Å². The predicted molar refractivity (Wildman–Crippen MR) is 51.3 cm³/mol. The summed E-state index contributed by atoms with van der Waals surface area (Å²) in [6.07, 6.45) is 5.14. The van der Waals surface area contributed by atoms with Gasteiger partial charge in [-0.15, -0.1) is 0 Å². The second-order valence-corrected chi connectivity index (χ2v) is 3.43. The first-order valence-corrected chi connectivity index (χ1v) is 4.85. The van der Waals surface area contributed by atoms with E-state index in [0.717, 1.165) is 19.3 Å². The van der Waals surface area contributed by atoms with Crippen LogP contribution in [0.25, 0.3) is 0 Å². The van der Waals surface area contributed by atoms with E-state index < -0.39 is 11.5 Å². The average molecular weight is 185 g/mol. The molecular weight excluding hydrogens is 166 g/mol. The van der Waals surface area contributed by atoms with E-state index in [9.17, 15) is 9.90 Å². The first-order chi connectivity index (χ1) is 6.06. The quantitative estimate of drug-likeness (QED) is 0.604. The minimum atomic E-state index is -1.57. The van der Waals surface area contributed by atoms with Crippen molar-refractivity contribution in [1.82, 2.24) is 0 Å². The second-order valence-electron chi connectivity index (χ2n) is 3.43. The molecule has 1 unspecified atom stereocenters. The highest BCUT2D eigenvalue weighted by molar-refractivity contribution is 5.83. The molecule has 0 aromatic rings. The first kappa shape index (κ1) is 12.4. The lowest BCUT2D eigenvalue weighted by molar-refractivity contribution is -0.144.